The fourth-order valence-electron chi connectivity index (χ4n) is 6.71. The number of aliphatic hydroxyl groups is 1. The Kier molecular flexibility index (Phi) is 8.18. The summed E-state index contributed by atoms with van der Waals surface area (Å²) in [6, 6.07) is 12.1. The topological polar surface area (TPSA) is 288 Å². The second-order valence-electron chi connectivity index (χ2n) is 12.6. The molecule has 5 aromatic rings. The van der Waals surface area contributed by atoms with Crippen molar-refractivity contribution in [1.29, 1.82) is 0 Å². The quantitative estimate of drug-likeness (QED) is 0.0899. The Labute approximate surface area is 297 Å². The van der Waals surface area contributed by atoms with Gasteiger partial charge >= 0.3 is 5.97 Å². The Bertz CT molecular complexity index is 2280. The largest absolute Gasteiger partial charge is 0.508 e. The number of ether oxygens (including phenoxy) is 3. The van der Waals surface area contributed by atoms with Crippen LogP contribution in [0, 0.1) is 0 Å². The maximum absolute atomic E-state index is 13.4. The van der Waals surface area contributed by atoms with E-state index in [0.717, 1.165) is 54.6 Å². The molecular formula is C37H30O16. The van der Waals surface area contributed by atoms with Gasteiger partial charge in [0.05, 0.1) is 11.5 Å². The van der Waals surface area contributed by atoms with E-state index in [2.05, 4.69) is 0 Å². The summed E-state index contributed by atoms with van der Waals surface area (Å²) in [6.07, 6.45) is -6.10. The summed E-state index contributed by atoms with van der Waals surface area (Å²) in [5.74, 6) is -9.82. The first-order valence-corrected chi connectivity index (χ1v) is 15.8. The molecule has 16 nitrogen and oxygen atoms in total. The molecule has 7 rings (SSSR count). The smallest absolute Gasteiger partial charge is 0.338 e. The van der Waals surface area contributed by atoms with Crippen molar-refractivity contribution in [3.8, 4) is 74.7 Å². The fraction of sp³-hybridized carbons (Fsp3) is 0.162. The van der Waals surface area contributed by atoms with Gasteiger partial charge in [0, 0.05) is 46.9 Å². The van der Waals surface area contributed by atoms with Gasteiger partial charge in [-0.2, -0.15) is 0 Å². The molecule has 274 valence electrons. The molecule has 12 N–H and O–H groups in total. The molecule has 5 atom stereocenters. The molecule has 0 fully saturated rings. The van der Waals surface area contributed by atoms with E-state index in [-0.39, 0.29) is 45.7 Å². The summed E-state index contributed by atoms with van der Waals surface area (Å²) in [4.78, 5) is 13.4. The van der Waals surface area contributed by atoms with Gasteiger partial charge in [0.1, 0.15) is 46.7 Å². The molecule has 16 heteroatoms. The molecular weight excluding hydrogens is 700 g/mol. The van der Waals surface area contributed by atoms with Crippen molar-refractivity contribution in [2.45, 2.75) is 36.8 Å². The molecule has 0 amide bonds. The molecule has 0 aliphatic carbocycles. The lowest BCUT2D eigenvalue weighted by molar-refractivity contribution is -0.0191. The first-order chi connectivity index (χ1) is 25.1. The molecule has 0 saturated heterocycles. The Balaban J connectivity index is 1.35. The summed E-state index contributed by atoms with van der Waals surface area (Å²) in [6.45, 7) is 0. The number of hydrogen-bond donors (Lipinski definition) is 12. The highest BCUT2D eigenvalue weighted by Crippen LogP contribution is 2.57. The molecule has 0 spiro atoms. The van der Waals surface area contributed by atoms with Crippen LogP contribution in [0.4, 0.5) is 0 Å². The average molecular weight is 731 g/mol. The van der Waals surface area contributed by atoms with Gasteiger partial charge in [-0.1, -0.05) is 12.1 Å². The van der Waals surface area contributed by atoms with E-state index in [0.29, 0.717) is 0 Å². The van der Waals surface area contributed by atoms with Crippen molar-refractivity contribution in [2.75, 3.05) is 0 Å². The molecule has 0 radical (unpaired) electrons. The Morgan fingerprint density at radius 1 is 0.566 bits per heavy atom. The lowest BCUT2D eigenvalue weighted by atomic mass is 9.77. The van der Waals surface area contributed by atoms with Gasteiger partial charge in [0.2, 0.25) is 0 Å². The number of esters is 1. The van der Waals surface area contributed by atoms with Crippen LogP contribution in [-0.4, -0.2) is 79.5 Å². The number of phenolic OH excluding ortho intramolecular Hbond substituents is 11. The van der Waals surface area contributed by atoms with Crippen molar-refractivity contribution >= 4 is 5.97 Å². The predicted molar refractivity (Wildman–Crippen MR) is 178 cm³/mol. The number of fused-ring (bicyclic) bond motifs is 2. The summed E-state index contributed by atoms with van der Waals surface area (Å²) >= 11 is 0. The summed E-state index contributed by atoms with van der Waals surface area (Å²) < 4.78 is 17.8. The van der Waals surface area contributed by atoms with Crippen LogP contribution in [0.2, 0.25) is 0 Å². The molecule has 0 aromatic heterocycles. The number of aromatic hydroxyl groups is 11. The van der Waals surface area contributed by atoms with Crippen LogP contribution in [0.15, 0.2) is 66.7 Å². The number of phenols is 11. The molecule has 0 unspecified atom stereocenters. The molecule has 53 heavy (non-hydrogen) atoms. The van der Waals surface area contributed by atoms with Gasteiger partial charge in [0.15, 0.2) is 52.5 Å². The van der Waals surface area contributed by atoms with Gasteiger partial charge in [-0.25, -0.2) is 4.79 Å². The van der Waals surface area contributed by atoms with Crippen molar-refractivity contribution < 1.29 is 80.3 Å². The third-order valence-corrected chi connectivity index (χ3v) is 9.23. The summed E-state index contributed by atoms with van der Waals surface area (Å²) in [5, 5.41) is 126. The number of aliphatic hydroxyl groups excluding tert-OH is 1. The number of carbonyl (C=O) groups is 1. The predicted octanol–water partition coefficient (Wildman–Crippen LogP) is 3.98. The standard InChI is InChI=1S/C37H30O16/c38-16-9-22(43)29-27(10-16)52-36(14-2-4-19(40)21(42)6-14)34(49)31(29)30-23(44)12-26-17(32(30)47)11-28(35(51-26)13-1-3-18(39)20(41)5-13)53-37(50)15-7-24(45)33(48)25(46)8-15/h1-10,12,28,31,34-36,38-49H,11H2/t28-,31+,34+,35-,36+/m0/s1. The van der Waals surface area contributed by atoms with Gasteiger partial charge in [0.25, 0.3) is 0 Å². The Hall–Kier alpha value is -7.07. The van der Waals surface area contributed by atoms with Crippen LogP contribution in [0.5, 0.6) is 74.7 Å². The van der Waals surface area contributed by atoms with Crippen LogP contribution in [0.1, 0.15) is 56.3 Å². The van der Waals surface area contributed by atoms with Crippen LogP contribution in [0.25, 0.3) is 0 Å². The summed E-state index contributed by atoms with van der Waals surface area (Å²) in [7, 11) is 0. The van der Waals surface area contributed by atoms with Gasteiger partial charge in [-0.3, -0.25) is 0 Å². The minimum Gasteiger partial charge on any atom is -0.508 e. The van der Waals surface area contributed by atoms with Gasteiger partial charge in [-0.05, 0) is 42.0 Å². The number of carbonyl (C=O) groups excluding carboxylic acids is 1. The average Bonchev–Trinajstić information content (AvgIpc) is 3.10. The van der Waals surface area contributed by atoms with E-state index in [1.807, 2.05) is 0 Å². The van der Waals surface area contributed by atoms with Crippen LogP contribution < -0.4 is 9.47 Å². The van der Waals surface area contributed by atoms with Crippen molar-refractivity contribution in [3.63, 3.8) is 0 Å². The zero-order valence-corrected chi connectivity index (χ0v) is 26.9. The number of benzene rings is 5. The van der Waals surface area contributed by atoms with E-state index in [1.54, 1.807) is 0 Å². The highest BCUT2D eigenvalue weighted by atomic mass is 16.6. The zero-order valence-electron chi connectivity index (χ0n) is 26.9. The van der Waals surface area contributed by atoms with Crippen molar-refractivity contribution in [1.82, 2.24) is 0 Å². The van der Waals surface area contributed by atoms with E-state index < -0.39 is 105 Å². The Morgan fingerprint density at radius 2 is 1.13 bits per heavy atom. The third-order valence-electron chi connectivity index (χ3n) is 9.23. The molecule has 2 aliphatic rings. The summed E-state index contributed by atoms with van der Waals surface area (Å²) in [5.41, 5.74) is -0.657. The zero-order chi connectivity index (χ0) is 38.0. The Morgan fingerprint density at radius 3 is 1.74 bits per heavy atom. The highest BCUT2D eigenvalue weighted by Gasteiger charge is 2.46. The lowest BCUT2D eigenvalue weighted by Crippen LogP contribution is -2.36. The molecule has 0 saturated carbocycles. The molecule has 2 heterocycles. The minimum absolute atomic E-state index is 0.0661. The first kappa shape index (κ1) is 34.4. The maximum Gasteiger partial charge on any atom is 0.338 e. The SMILES string of the molecule is O=C(O[C@H]1Cc2c(cc(O)c([C@H]3c4c(O)cc(O)cc4O[C@H](c4ccc(O)c(O)c4)[C@@H]3O)c2O)O[C@H]1c1ccc(O)c(O)c1)c1cc(O)c(O)c(O)c1. The first-order valence-electron chi connectivity index (χ1n) is 15.8. The number of rotatable bonds is 5. The van der Waals surface area contributed by atoms with Crippen LogP contribution in [0.3, 0.4) is 0 Å². The van der Waals surface area contributed by atoms with Crippen LogP contribution >= 0.6 is 0 Å². The van der Waals surface area contributed by atoms with E-state index >= 15 is 0 Å². The fourth-order valence-corrected chi connectivity index (χ4v) is 6.71. The van der Waals surface area contributed by atoms with Crippen molar-refractivity contribution in [2.24, 2.45) is 0 Å². The second kappa shape index (κ2) is 12.6. The maximum atomic E-state index is 13.4. The van der Waals surface area contributed by atoms with Gasteiger partial charge in [-0.15, -0.1) is 0 Å². The molecule has 0 bridgehead atoms. The second-order valence-corrected chi connectivity index (χ2v) is 12.6. The third kappa shape index (κ3) is 5.85. The van der Waals surface area contributed by atoms with Crippen LogP contribution in [-0.2, 0) is 11.2 Å². The van der Waals surface area contributed by atoms with E-state index in [9.17, 15) is 66.1 Å². The molecule has 2 aliphatic heterocycles. The minimum atomic E-state index is -1.72. The molecule has 5 aromatic carbocycles. The van der Waals surface area contributed by atoms with Crippen molar-refractivity contribution in [3.05, 3.63) is 100 Å². The number of hydrogen-bond acceptors (Lipinski definition) is 16. The highest BCUT2D eigenvalue weighted by molar-refractivity contribution is 5.91. The van der Waals surface area contributed by atoms with Gasteiger partial charge < -0.3 is 75.5 Å². The van der Waals surface area contributed by atoms with E-state index in [4.69, 9.17) is 14.2 Å². The van der Waals surface area contributed by atoms with E-state index in [1.165, 1.54) is 12.1 Å². The monoisotopic (exact) mass is 730 g/mol. The normalized spacial score (nSPS) is 20.4. The lowest BCUT2D eigenvalue weighted by Gasteiger charge is -2.39.